The van der Waals surface area contributed by atoms with E-state index in [2.05, 4.69) is 0 Å². The molecule has 4 heteroatoms. The van der Waals surface area contributed by atoms with Gasteiger partial charge in [0.2, 0.25) is 0 Å². The second-order valence-corrected chi connectivity index (χ2v) is 3.25. The van der Waals surface area contributed by atoms with E-state index in [1.165, 1.54) is 7.11 Å². The Labute approximate surface area is 95.0 Å². The number of aliphatic hydroxyl groups excluding tert-OH is 1. The maximum Gasteiger partial charge on any atom is 0.158 e. The van der Waals surface area contributed by atoms with Crippen LogP contribution in [0.1, 0.15) is 18.1 Å². The molecule has 1 unspecified atom stereocenters. The third-order valence-electron chi connectivity index (χ3n) is 2.17. The molecule has 1 aromatic carbocycles. The summed E-state index contributed by atoms with van der Waals surface area (Å²) in [6, 6.07) is 7.13. The van der Waals surface area contributed by atoms with Gasteiger partial charge in [0.05, 0.1) is 18.7 Å². The number of nitrogens with zero attached hydrogens (tertiary/aromatic N) is 1. The van der Waals surface area contributed by atoms with Gasteiger partial charge in [-0.3, -0.25) is 0 Å². The summed E-state index contributed by atoms with van der Waals surface area (Å²) >= 11 is 0. The van der Waals surface area contributed by atoms with Crippen molar-refractivity contribution in [3.05, 3.63) is 29.3 Å². The molecular formula is C12H15NO3. The minimum atomic E-state index is -0.841. The lowest BCUT2D eigenvalue weighted by atomic mass is 10.1. The van der Waals surface area contributed by atoms with Crippen molar-refractivity contribution in [1.82, 2.24) is 0 Å². The van der Waals surface area contributed by atoms with Gasteiger partial charge in [0.15, 0.2) is 6.29 Å². The Morgan fingerprint density at radius 2 is 2.25 bits per heavy atom. The van der Waals surface area contributed by atoms with Crippen LogP contribution >= 0.6 is 0 Å². The second kappa shape index (κ2) is 6.11. The van der Waals surface area contributed by atoms with Gasteiger partial charge in [0, 0.05) is 13.0 Å². The van der Waals surface area contributed by atoms with Crippen molar-refractivity contribution in [3.8, 4) is 11.8 Å². The molecule has 4 nitrogen and oxygen atoms in total. The van der Waals surface area contributed by atoms with Crippen molar-refractivity contribution in [1.29, 1.82) is 5.26 Å². The maximum atomic E-state index is 9.51. The number of hydrogen-bond donors (Lipinski definition) is 1. The van der Waals surface area contributed by atoms with E-state index in [-0.39, 0.29) is 0 Å². The average Bonchev–Trinajstić information content (AvgIpc) is 2.30. The van der Waals surface area contributed by atoms with Crippen LogP contribution < -0.4 is 4.74 Å². The summed E-state index contributed by atoms with van der Waals surface area (Å²) in [5.74, 6) is 0.595. The molecule has 0 saturated heterocycles. The van der Waals surface area contributed by atoms with Crippen LogP contribution in [0.3, 0.4) is 0 Å². The molecule has 0 aliphatic rings. The van der Waals surface area contributed by atoms with Crippen LogP contribution in [-0.2, 0) is 11.2 Å². The van der Waals surface area contributed by atoms with Gasteiger partial charge < -0.3 is 14.6 Å². The van der Waals surface area contributed by atoms with Crippen LogP contribution in [-0.4, -0.2) is 25.1 Å². The highest BCUT2D eigenvalue weighted by molar-refractivity contribution is 5.42. The van der Waals surface area contributed by atoms with E-state index < -0.39 is 6.29 Å². The Balaban J connectivity index is 2.84. The molecule has 0 bridgehead atoms. The van der Waals surface area contributed by atoms with Crippen molar-refractivity contribution in [3.63, 3.8) is 0 Å². The summed E-state index contributed by atoms with van der Waals surface area (Å²) in [6.07, 6.45) is -0.491. The number of benzene rings is 1. The number of ether oxygens (including phenoxy) is 2. The molecule has 1 atom stereocenters. The fraction of sp³-hybridized carbons (Fsp3) is 0.417. The number of hydrogen-bond acceptors (Lipinski definition) is 4. The van der Waals surface area contributed by atoms with Crippen molar-refractivity contribution in [2.24, 2.45) is 0 Å². The van der Waals surface area contributed by atoms with Crippen molar-refractivity contribution < 1.29 is 14.6 Å². The van der Waals surface area contributed by atoms with Gasteiger partial charge >= 0.3 is 0 Å². The quantitative estimate of drug-likeness (QED) is 0.765. The summed E-state index contributed by atoms with van der Waals surface area (Å²) in [6.45, 7) is 2.28. The molecule has 86 valence electrons. The Hall–Kier alpha value is -1.57. The molecule has 0 spiro atoms. The molecule has 1 aromatic rings. The Bertz CT molecular complexity index is 384. The first kappa shape index (κ1) is 12.5. The Kier molecular flexibility index (Phi) is 4.77. The Morgan fingerprint density at radius 3 is 2.81 bits per heavy atom. The molecule has 0 heterocycles. The highest BCUT2D eigenvalue weighted by Gasteiger charge is 2.10. The van der Waals surface area contributed by atoms with Crippen molar-refractivity contribution in [2.45, 2.75) is 19.6 Å². The van der Waals surface area contributed by atoms with Gasteiger partial charge in [-0.2, -0.15) is 5.26 Å². The van der Waals surface area contributed by atoms with Crippen LogP contribution in [0, 0.1) is 11.3 Å². The van der Waals surface area contributed by atoms with Gasteiger partial charge in [-0.05, 0) is 24.6 Å². The van der Waals surface area contributed by atoms with Crippen LogP contribution in [0.25, 0.3) is 0 Å². The van der Waals surface area contributed by atoms with E-state index >= 15 is 0 Å². The summed E-state index contributed by atoms with van der Waals surface area (Å²) in [7, 11) is 1.53. The summed E-state index contributed by atoms with van der Waals surface area (Å²) < 4.78 is 10.2. The third-order valence-corrected chi connectivity index (χ3v) is 2.17. The first-order valence-electron chi connectivity index (χ1n) is 5.08. The SMILES string of the molecule is CCOC(O)Cc1ccc(C#N)cc1OC. The Morgan fingerprint density at radius 1 is 1.50 bits per heavy atom. The normalized spacial score (nSPS) is 11.9. The zero-order valence-electron chi connectivity index (χ0n) is 9.43. The molecular weight excluding hydrogens is 206 g/mol. The van der Waals surface area contributed by atoms with Gasteiger partial charge in [-0.15, -0.1) is 0 Å². The lowest BCUT2D eigenvalue weighted by Crippen LogP contribution is -2.15. The predicted octanol–water partition coefficient (Wildman–Crippen LogP) is 1.46. The van der Waals surface area contributed by atoms with Gasteiger partial charge in [0.1, 0.15) is 5.75 Å². The van der Waals surface area contributed by atoms with E-state index in [4.69, 9.17) is 14.7 Å². The molecule has 0 amide bonds. The number of methoxy groups -OCH3 is 1. The van der Waals surface area contributed by atoms with Crippen LogP contribution in [0.15, 0.2) is 18.2 Å². The minimum Gasteiger partial charge on any atom is -0.496 e. The molecule has 0 aliphatic carbocycles. The molecule has 1 N–H and O–H groups in total. The van der Waals surface area contributed by atoms with Gasteiger partial charge in [0.25, 0.3) is 0 Å². The molecule has 0 saturated carbocycles. The highest BCUT2D eigenvalue weighted by atomic mass is 16.6. The van der Waals surface area contributed by atoms with E-state index in [0.29, 0.717) is 24.3 Å². The standard InChI is InChI=1S/C12H15NO3/c1-3-16-12(14)7-10-5-4-9(8-13)6-11(10)15-2/h4-6,12,14H,3,7H2,1-2H3. The van der Waals surface area contributed by atoms with Crippen molar-refractivity contribution in [2.75, 3.05) is 13.7 Å². The van der Waals surface area contributed by atoms with Crippen LogP contribution in [0.5, 0.6) is 5.75 Å². The molecule has 0 fully saturated rings. The van der Waals surface area contributed by atoms with E-state index in [1.54, 1.807) is 18.2 Å². The van der Waals surface area contributed by atoms with E-state index in [0.717, 1.165) is 5.56 Å². The first-order chi connectivity index (χ1) is 7.71. The van der Waals surface area contributed by atoms with Crippen molar-refractivity contribution >= 4 is 0 Å². The van der Waals surface area contributed by atoms with Gasteiger partial charge in [-0.25, -0.2) is 0 Å². The molecule has 1 rings (SSSR count). The molecule has 0 radical (unpaired) electrons. The number of aliphatic hydroxyl groups is 1. The fourth-order valence-electron chi connectivity index (χ4n) is 1.42. The van der Waals surface area contributed by atoms with Crippen LogP contribution in [0.4, 0.5) is 0 Å². The maximum absolute atomic E-state index is 9.51. The van der Waals surface area contributed by atoms with Gasteiger partial charge in [-0.1, -0.05) is 6.07 Å². The monoisotopic (exact) mass is 221 g/mol. The zero-order chi connectivity index (χ0) is 12.0. The smallest absolute Gasteiger partial charge is 0.158 e. The molecule has 0 aromatic heterocycles. The molecule has 0 aliphatic heterocycles. The predicted molar refractivity (Wildman–Crippen MR) is 59.0 cm³/mol. The van der Waals surface area contributed by atoms with Crippen LogP contribution in [0.2, 0.25) is 0 Å². The first-order valence-corrected chi connectivity index (χ1v) is 5.08. The lowest BCUT2D eigenvalue weighted by Gasteiger charge is -2.13. The summed E-state index contributed by atoms with van der Waals surface area (Å²) in [5.41, 5.74) is 1.36. The number of nitriles is 1. The lowest BCUT2D eigenvalue weighted by molar-refractivity contribution is -0.0929. The average molecular weight is 221 g/mol. The number of rotatable bonds is 5. The minimum absolute atomic E-state index is 0.350. The topological polar surface area (TPSA) is 62.5 Å². The summed E-state index contributed by atoms with van der Waals surface area (Å²) in [5, 5.41) is 18.2. The van der Waals surface area contributed by atoms with E-state index in [1.807, 2.05) is 13.0 Å². The molecule has 16 heavy (non-hydrogen) atoms. The fourth-order valence-corrected chi connectivity index (χ4v) is 1.42. The second-order valence-electron chi connectivity index (χ2n) is 3.25. The highest BCUT2D eigenvalue weighted by Crippen LogP contribution is 2.21. The largest absolute Gasteiger partial charge is 0.496 e. The summed E-state index contributed by atoms with van der Waals surface area (Å²) in [4.78, 5) is 0. The third kappa shape index (κ3) is 3.23. The van der Waals surface area contributed by atoms with E-state index in [9.17, 15) is 5.11 Å². The zero-order valence-corrected chi connectivity index (χ0v) is 9.43.